The highest BCUT2D eigenvalue weighted by Gasteiger charge is 2.30. The number of aliphatic hydroxyl groups is 1. The van der Waals surface area contributed by atoms with Crippen molar-refractivity contribution < 1.29 is 9.90 Å². The van der Waals surface area contributed by atoms with Crippen molar-refractivity contribution in [1.29, 1.82) is 0 Å². The van der Waals surface area contributed by atoms with Crippen molar-refractivity contribution in [2.45, 2.75) is 45.6 Å². The maximum absolute atomic E-state index is 11.8. The lowest BCUT2D eigenvalue weighted by Gasteiger charge is -2.33. The van der Waals surface area contributed by atoms with E-state index < -0.39 is 6.61 Å². The average molecular weight is 401 g/mol. The standard InChI is InChI=1S/C21H23ClN2O2.C2H6/c22-17-5-6-18-16(12-17)4-3-15-2-1-9-23-21(15)20(18)14-7-10-24(11-8-14)19(26)13-25;1-2/h1-2,5-6,9,12,21,23,25H,3-4,7-8,10-11,13H2;1-2H3. The van der Waals surface area contributed by atoms with Crippen molar-refractivity contribution in [3.8, 4) is 0 Å². The highest BCUT2D eigenvalue weighted by molar-refractivity contribution is 6.30. The van der Waals surface area contributed by atoms with E-state index in [-0.39, 0.29) is 11.9 Å². The van der Waals surface area contributed by atoms with Crippen LogP contribution in [0.4, 0.5) is 0 Å². The van der Waals surface area contributed by atoms with Gasteiger partial charge in [-0.05, 0) is 72.4 Å². The van der Waals surface area contributed by atoms with Gasteiger partial charge in [-0.3, -0.25) is 4.79 Å². The quantitative estimate of drug-likeness (QED) is 0.746. The minimum atomic E-state index is -0.408. The lowest BCUT2D eigenvalue weighted by Crippen LogP contribution is -2.39. The van der Waals surface area contributed by atoms with Crippen LogP contribution in [0, 0.1) is 0 Å². The number of fused-ring (bicyclic) bond motifs is 2. The topological polar surface area (TPSA) is 52.6 Å². The summed E-state index contributed by atoms with van der Waals surface area (Å²) in [5.41, 5.74) is 6.72. The minimum Gasteiger partial charge on any atom is -0.387 e. The lowest BCUT2D eigenvalue weighted by molar-refractivity contribution is -0.134. The van der Waals surface area contributed by atoms with Gasteiger partial charge in [-0.1, -0.05) is 43.2 Å². The van der Waals surface area contributed by atoms with Crippen molar-refractivity contribution in [2.75, 3.05) is 19.7 Å². The molecular formula is C23H29ClN2O2. The normalized spacial score (nSPS) is 20.8. The first-order chi connectivity index (χ1) is 13.7. The first kappa shape index (κ1) is 20.7. The Balaban J connectivity index is 0.00000109. The zero-order valence-corrected chi connectivity index (χ0v) is 17.4. The van der Waals surface area contributed by atoms with Crippen LogP contribution in [0.3, 0.4) is 0 Å². The Bertz CT molecular complexity index is 816. The number of amides is 1. The van der Waals surface area contributed by atoms with Crippen LogP contribution in [0.15, 0.2) is 47.7 Å². The largest absolute Gasteiger partial charge is 0.387 e. The molecule has 1 aromatic carbocycles. The van der Waals surface area contributed by atoms with Crippen LogP contribution in [0.25, 0.3) is 5.57 Å². The molecule has 2 heterocycles. The number of dihydropyridines is 1. The summed E-state index contributed by atoms with van der Waals surface area (Å²) in [6.45, 7) is 4.93. The van der Waals surface area contributed by atoms with Gasteiger partial charge in [0.15, 0.2) is 0 Å². The van der Waals surface area contributed by atoms with Crippen LogP contribution in [0.1, 0.15) is 44.2 Å². The van der Waals surface area contributed by atoms with E-state index in [9.17, 15) is 4.79 Å². The molecule has 28 heavy (non-hydrogen) atoms. The van der Waals surface area contributed by atoms with E-state index in [4.69, 9.17) is 16.7 Å². The number of allylic oxidation sites excluding steroid dienone is 2. The fraction of sp³-hybridized carbons (Fsp3) is 0.435. The molecule has 5 heteroatoms. The summed E-state index contributed by atoms with van der Waals surface area (Å²) in [5, 5.41) is 13.4. The van der Waals surface area contributed by atoms with Crippen molar-refractivity contribution in [2.24, 2.45) is 0 Å². The molecule has 4 rings (SSSR count). The SMILES string of the molecule is CC.O=C(CO)N1CCC(=C2c3ccc(Cl)cc3CCC3=CC=CNC32)CC1. The van der Waals surface area contributed by atoms with Crippen LogP contribution >= 0.6 is 11.6 Å². The van der Waals surface area contributed by atoms with E-state index >= 15 is 0 Å². The molecule has 0 saturated carbocycles. The summed E-state index contributed by atoms with van der Waals surface area (Å²) >= 11 is 6.26. The summed E-state index contributed by atoms with van der Waals surface area (Å²) in [4.78, 5) is 13.5. The monoisotopic (exact) mass is 400 g/mol. The van der Waals surface area contributed by atoms with Gasteiger partial charge in [0.1, 0.15) is 6.61 Å². The smallest absolute Gasteiger partial charge is 0.248 e. The van der Waals surface area contributed by atoms with E-state index in [1.54, 1.807) is 4.90 Å². The van der Waals surface area contributed by atoms with E-state index in [1.807, 2.05) is 26.1 Å². The number of hydrogen-bond donors (Lipinski definition) is 2. The van der Waals surface area contributed by atoms with Gasteiger partial charge in [0.05, 0.1) is 6.04 Å². The molecule has 0 spiro atoms. The highest BCUT2D eigenvalue weighted by atomic mass is 35.5. The molecule has 0 aromatic heterocycles. The van der Waals surface area contributed by atoms with Crippen LogP contribution < -0.4 is 5.32 Å². The maximum Gasteiger partial charge on any atom is 0.248 e. The third-order valence-electron chi connectivity index (χ3n) is 5.61. The van der Waals surface area contributed by atoms with E-state index in [1.165, 1.54) is 27.8 Å². The van der Waals surface area contributed by atoms with Gasteiger partial charge < -0.3 is 15.3 Å². The Kier molecular flexibility index (Phi) is 6.97. The second-order valence-corrected chi connectivity index (χ2v) is 7.49. The number of aryl methyl sites for hydroxylation is 1. The zero-order valence-electron chi connectivity index (χ0n) is 16.7. The highest BCUT2D eigenvalue weighted by Crippen LogP contribution is 2.39. The molecule has 150 valence electrons. The predicted molar refractivity (Wildman–Crippen MR) is 115 cm³/mol. The van der Waals surface area contributed by atoms with Crippen molar-refractivity contribution in [3.05, 3.63) is 63.8 Å². The average Bonchev–Trinajstić information content (AvgIpc) is 2.91. The summed E-state index contributed by atoms with van der Waals surface area (Å²) in [6, 6.07) is 6.40. The number of nitrogens with one attached hydrogen (secondary N) is 1. The van der Waals surface area contributed by atoms with E-state index in [2.05, 4.69) is 29.6 Å². The number of aliphatic hydroxyl groups excluding tert-OH is 1. The molecule has 1 aromatic rings. The summed E-state index contributed by atoms with van der Waals surface area (Å²) in [5.74, 6) is -0.179. The fourth-order valence-corrected chi connectivity index (χ4v) is 4.47. The number of hydrogen-bond acceptors (Lipinski definition) is 3. The Labute approximate surface area is 172 Å². The Morgan fingerprint density at radius 1 is 1.21 bits per heavy atom. The van der Waals surface area contributed by atoms with Gasteiger partial charge in [0.25, 0.3) is 0 Å². The van der Waals surface area contributed by atoms with E-state index in [0.717, 1.165) is 30.7 Å². The number of nitrogens with zero attached hydrogens (tertiary/aromatic N) is 1. The zero-order chi connectivity index (χ0) is 20.1. The number of carbonyl (C=O) groups excluding carboxylic acids is 1. The molecular weight excluding hydrogens is 372 g/mol. The molecule has 2 N–H and O–H groups in total. The Morgan fingerprint density at radius 2 is 1.96 bits per heavy atom. The van der Waals surface area contributed by atoms with E-state index in [0.29, 0.717) is 13.1 Å². The molecule has 1 saturated heterocycles. The van der Waals surface area contributed by atoms with Gasteiger partial charge in [0.2, 0.25) is 5.91 Å². The first-order valence-corrected chi connectivity index (χ1v) is 10.6. The van der Waals surface area contributed by atoms with Gasteiger partial charge >= 0.3 is 0 Å². The molecule has 2 aliphatic heterocycles. The van der Waals surface area contributed by atoms with Crippen LogP contribution in [0.2, 0.25) is 5.02 Å². The van der Waals surface area contributed by atoms with Crippen molar-refractivity contribution in [3.63, 3.8) is 0 Å². The molecule has 0 bridgehead atoms. The summed E-state index contributed by atoms with van der Waals surface area (Å²) in [6.07, 6.45) is 10.00. The van der Waals surface area contributed by atoms with Crippen LogP contribution in [0.5, 0.6) is 0 Å². The maximum atomic E-state index is 11.8. The molecule has 0 radical (unpaired) electrons. The second-order valence-electron chi connectivity index (χ2n) is 7.06. The first-order valence-electron chi connectivity index (χ1n) is 10.2. The predicted octanol–water partition coefficient (Wildman–Crippen LogP) is 4.09. The molecule has 4 nitrogen and oxygen atoms in total. The van der Waals surface area contributed by atoms with Crippen LogP contribution in [-0.4, -0.2) is 41.7 Å². The van der Waals surface area contributed by atoms with Gasteiger partial charge in [-0.15, -0.1) is 0 Å². The van der Waals surface area contributed by atoms with Gasteiger partial charge in [-0.2, -0.15) is 0 Å². The second kappa shape index (κ2) is 9.44. The fourth-order valence-electron chi connectivity index (χ4n) is 4.28. The van der Waals surface area contributed by atoms with Crippen LogP contribution in [-0.2, 0) is 11.2 Å². The number of halogens is 1. The van der Waals surface area contributed by atoms with Crippen molar-refractivity contribution >= 4 is 23.1 Å². The third-order valence-corrected chi connectivity index (χ3v) is 5.84. The number of piperidine rings is 1. The lowest BCUT2D eigenvalue weighted by atomic mass is 9.85. The number of rotatable bonds is 1. The molecule has 3 aliphatic rings. The van der Waals surface area contributed by atoms with Gasteiger partial charge in [0, 0.05) is 18.1 Å². The molecule has 1 fully saturated rings. The number of benzene rings is 1. The molecule has 1 unspecified atom stereocenters. The summed E-state index contributed by atoms with van der Waals surface area (Å²) in [7, 11) is 0. The number of carbonyl (C=O) groups is 1. The summed E-state index contributed by atoms with van der Waals surface area (Å²) < 4.78 is 0. The van der Waals surface area contributed by atoms with Gasteiger partial charge in [-0.25, -0.2) is 0 Å². The number of likely N-dealkylation sites (tertiary alicyclic amines) is 1. The van der Waals surface area contributed by atoms with Crippen molar-refractivity contribution in [1.82, 2.24) is 10.2 Å². The molecule has 1 aliphatic carbocycles. The molecule has 1 atom stereocenters. The Morgan fingerprint density at radius 3 is 2.68 bits per heavy atom. The molecule has 1 amide bonds. The third kappa shape index (κ3) is 4.18. The Hall–Kier alpha value is -2.04. The minimum absolute atomic E-state index is 0.179.